The Morgan fingerprint density at radius 1 is 1.12 bits per heavy atom. The van der Waals surface area contributed by atoms with E-state index in [1.807, 2.05) is 0 Å². The van der Waals surface area contributed by atoms with Crippen molar-refractivity contribution in [1.82, 2.24) is 4.90 Å². The summed E-state index contributed by atoms with van der Waals surface area (Å²) in [4.78, 5) is 13.2. The summed E-state index contributed by atoms with van der Waals surface area (Å²) in [5, 5.41) is 0. The van der Waals surface area contributed by atoms with Crippen LogP contribution in [0, 0.1) is 0 Å². The molecule has 0 saturated heterocycles. The Balaban J connectivity index is 3.89. The highest BCUT2D eigenvalue weighted by atomic mass is 16.1. The summed E-state index contributed by atoms with van der Waals surface area (Å²) in [7, 11) is 0. The average molecular weight is 226 g/mol. The van der Waals surface area contributed by atoms with Gasteiger partial charge in [0.1, 0.15) is 0 Å². The summed E-state index contributed by atoms with van der Waals surface area (Å²) in [6, 6.07) is 0. The van der Waals surface area contributed by atoms with Gasteiger partial charge in [0, 0.05) is 12.1 Å². The van der Waals surface area contributed by atoms with E-state index in [-0.39, 0.29) is 5.91 Å². The van der Waals surface area contributed by atoms with Gasteiger partial charge in [0.2, 0.25) is 5.91 Å². The first-order chi connectivity index (χ1) is 7.61. The molecule has 3 nitrogen and oxygen atoms in total. The fraction of sp³-hybridized carbons (Fsp3) is 0.769. The minimum atomic E-state index is -0.370. The molecule has 0 aliphatic rings. The molecule has 0 aliphatic heterocycles. The molecular weight excluding hydrogens is 200 g/mol. The van der Waals surface area contributed by atoms with E-state index in [1.165, 1.54) is 25.7 Å². The maximum absolute atomic E-state index is 10.8. The monoisotopic (exact) mass is 226 g/mol. The lowest BCUT2D eigenvalue weighted by molar-refractivity contribution is -0.114. The third-order valence-electron chi connectivity index (χ3n) is 2.73. The molecule has 0 fully saturated rings. The maximum Gasteiger partial charge on any atom is 0.244 e. The van der Waals surface area contributed by atoms with E-state index in [2.05, 4.69) is 25.3 Å². The molecule has 0 radical (unpaired) electrons. The van der Waals surface area contributed by atoms with E-state index in [4.69, 9.17) is 5.73 Å². The molecule has 0 spiro atoms. The highest BCUT2D eigenvalue weighted by Gasteiger charge is 2.07. The Labute approximate surface area is 99.7 Å². The van der Waals surface area contributed by atoms with E-state index in [9.17, 15) is 4.79 Å². The van der Waals surface area contributed by atoms with Gasteiger partial charge in [-0.25, -0.2) is 0 Å². The van der Waals surface area contributed by atoms with Crippen molar-refractivity contribution in [2.24, 2.45) is 5.73 Å². The molecule has 0 aromatic rings. The minimum absolute atomic E-state index is 0.370. The zero-order chi connectivity index (χ0) is 12.4. The Morgan fingerprint density at radius 3 is 2.00 bits per heavy atom. The maximum atomic E-state index is 10.8. The minimum Gasteiger partial charge on any atom is -0.366 e. The van der Waals surface area contributed by atoms with Crippen LogP contribution in [0.1, 0.15) is 46.0 Å². The third kappa shape index (κ3) is 7.46. The van der Waals surface area contributed by atoms with Crippen molar-refractivity contribution in [3.63, 3.8) is 0 Å². The molecule has 0 saturated carbocycles. The van der Waals surface area contributed by atoms with Crippen LogP contribution in [0.3, 0.4) is 0 Å². The lowest BCUT2D eigenvalue weighted by Gasteiger charge is -2.21. The normalized spacial score (nSPS) is 10.7. The van der Waals surface area contributed by atoms with Crippen molar-refractivity contribution in [3.05, 3.63) is 12.2 Å². The first kappa shape index (κ1) is 15.2. The van der Waals surface area contributed by atoms with Crippen LogP contribution >= 0.6 is 0 Å². The van der Waals surface area contributed by atoms with Gasteiger partial charge in [-0.3, -0.25) is 4.79 Å². The third-order valence-corrected chi connectivity index (χ3v) is 2.73. The standard InChI is InChI=1S/C13H26N2O/c1-4-6-9-15(10-7-5-2)11-8-12(3)13(14)16/h3-11H2,1-2H3,(H2,14,16). The lowest BCUT2D eigenvalue weighted by Crippen LogP contribution is -2.28. The Bertz CT molecular complexity index is 206. The second-order valence-electron chi connectivity index (χ2n) is 4.27. The fourth-order valence-corrected chi connectivity index (χ4v) is 1.52. The van der Waals surface area contributed by atoms with E-state index < -0.39 is 0 Å². The molecule has 3 heteroatoms. The summed E-state index contributed by atoms with van der Waals surface area (Å²) >= 11 is 0. The molecule has 0 heterocycles. The predicted octanol–water partition coefficient (Wildman–Crippen LogP) is 2.32. The zero-order valence-corrected chi connectivity index (χ0v) is 10.8. The van der Waals surface area contributed by atoms with Crippen molar-refractivity contribution in [1.29, 1.82) is 0 Å². The zero-order valence-electron chi connectivity index (χ0n) is 10.8. The molecule has 0 rings (SSSR count). The van der Waals surface area contributed by atoms with Crippen LogP contribution < -0.4 is 5.73 Å². The number of amides is 1. The number of unbranched alkanes of at least 4 members (excludes halogenated alkanes) is 2. The second-order valence-corrected chi connectivity index (χ2v) is 4.27. The fourth-order valence-electron chi connectivity index (χ4n) is 1.52. The molecule has 94 valence electrons. The van der Waals surface area contributed by atoms with E-state index in [1.54, 1.807) is 0 Å². The van der Waals surface area contributed by atoms with E-state index in [0.717, 1.165) is 19.6 Å². The number of hydrogen-bond acceptors (Lipinski definition) is 2. The Hall–Kier alpha value is -0.830. The van der Waals surface area contributed by atoms with Crippen LogP contribution in [0.15, 0.2) is 12.2 Å². The van der Waals surface area contributed by atoms with Gasteiger partial charge in [-0.1, -0.05) is 33.3 Å². The quantitative estimate of drug-likeness (QED) is 0.581. The first-order valence-electron chi connectivity index (χ1n) is 6.31. The number of nitrogens with two attached hydrogens (primary N) is 1. The van der Waals surface area contributed by atoms with Gasteiger partial charge in [-0.15, -0.1) is 0 Å². The van der Waals surface area contributed by atoms with Crippen molar-refractivity contribution in [2.75, 3.05) is 19.6 Å². The molecule has 2 N–H and O–H groups in total. The van der Waals surface area contributed by atoms with Crippen molar-refractivity contribution >= 4 is 5.91 Å². The average Bonchev–Trinajstić information content (AvgIpc) is 2.27. The molecule has 16 heavy (non-hydrogen) atoms. The summed E-state index contributed by atoms with van der Waals surface area (Å²) < 4.78 is 0. The van der Waals surface area contributed by atoms with Crippen molar-refractivity contribution < 1.29 is 4.79 Å². The topological polar surface area (TPSA) is 46.3 Å². The van der Waals surface area contributed by atoms with E-state index in [0.29, 0.717) is 12.0 Å². The number of primary amides is 1. The van der Waals surface area contributed by atoms with Crippen LogP contribution in [-0.2, 0) is 4.79 Å². The lowest BCUT2D eigenvalue weighted by atomic mass is 10.2. The number of nitrogens with zero attached hydrogens (tertiary/aromatic N) is 1. The molecule has 0 atom stereocenters. The largest absolute Gasteiger partial charge is 0.366 e. The summed E-state index contributed by atoms with van der Waals surface area (Å²) in [6.45, 7) is 11.2. The smallest absolute Gasteiger partial charge is 0.244 e. The van der Waals surface area contributed by atoms with Crippen LogP contribution in [0.25, 0.3) is 0 Å². The first-order valence-corrected chi connectivity index (χ1v) is 6.31. The van der Waals surface area contributed by atoms with Crippen LogP contribution in [0.4, 0.5) is 0 Å². The number of carbonyl (C=O) groups is 1. The van der Waals surface area contributed by atoms with Gasteiger partial charge < -0.3 is 10.6 Å². The van der Waals surface area contributed by atoms with Gasteiger partial charge in [0.05, 0.1) is 0 Å². The highest BCUT2D eigenvalue weighted by Crippen LogP contribution is 2.04. The van der Waals surface area contributed by atoms with Crippen LogP contribution in [-0.4, -0.2) is 30.4 Å². The predicted molar refractivity (Wildman–Crippen MR) is 69.2 cm³/mol. The van der Waals surface area contributed by atoms with Crippen LogP contribution in [0.5, 0.6) is 0 Å². The summed E-state index contributed by atoms with van der Waals surface area (Å²) in [5.74, 6) is -0.370. The van der Waals surface area contributed by atoms with Crippen molar-refractivity contribution in [3.8, 4) is 0 Å². The molecule has 0 bridgehead atoms. The van der Waals surface area contributed by atoms with Gasteiger partial charge in [-0.05, 0) is 32.4 Å². The molecule has 0 aliphatic carbocycles. The Morgan fingerprint density at radius 2 is 1.62 bits per heavy atom. The number of carbonyl (C=O) groups excluding carboxylic acids is 1. The summed E-state index contributed by atoms with van der Waals surface area (Å²) in [5.41, 5.74) is 5.71. The molecule has 0 aromatic heterocycles. The number of hydrogen-bond donors (Lipinski definition) is 1. The van der Waals surface area contributed by atoms with Crippen LogP contribution in [0.2, 0.25) is 0 Å². The molecular formula is C13H26N2O. The number of rotatable bonds is 10. The molecule has 1 amide bonds. The highest BCUT2D eigenvalue weighted by molar-refractivity contribution is 5.91. The Kier molecular flexibility index (Phi) is 8.91. The van der Waals surface area contributed by atoms with Gasteiger partial charge in [0.15, 0.2) is 0 Å². The molecule has 0 aromatic carbocycles. The summed E-state index contributed by atoms with van der Waals surface area (Å²) in [6.07, 6.45) is 5.54. The van der Waals surface area contributed by atoms with Gasteiger partial charge in [-0.2, -0.15) is 0 Å². The van der Waals surface area contributed by atoms with Crippen molar-refractivity contribution in [2.45, 2.75) is 46.0 Å². The SMILES string of the molecule is C=C(CCN(CCCC)CCCC)C(N)=O. The van der Waals surface area contributed by atoms with E-state index >= 15 is 0 Å². The van der Waals surface area contributed by atoms with Gasteiger partial charge in [0.25, 0.3) is 0 Å². The molecule has 0 unspecified atom stereocenters. The second kappa shape index (κ2) is 9.40. The van der Waals surface area contributed by atoms with Gasteiger partial charge >= 0.3 is 0 Å².